The Bertz CT molecular complexity index is 741. The van der Waals surface area contributed by atoms with Crippen molar-refractivity contribution < 1.29 is 8.42 Å². The van der Waals surface area contributed by atoms with Gasteiger partial charge in [-0.3, -0.25) is 0 Å². The van der Waals surface area contributed by atoms with Gasteiger partial charge >= 0.3 is 0 Å². The van der Waals surface area contributed by atoms with E-state index in [1.807, 2.05) is 35.0 Å². The fraction of sp³-hybridized carbons (Fsp3) is 0.471. The topological polar surface area (TPSA) is 67.2 Å². The summed E-state index contributed by atoms with van der Waals surface area (Å²) in [5, 5.41) is 0. The third kappa shape index (κ3) is 4.43. The number of nitrogens with one attached hydrogen (secondary N) is 1. The van der Waals surface area contributed by atoms with E-state index in [9.17, 15) is 8.42 Å². The molecule has 6 nitrogen and oxygen atoms in total. The molecule has 0 spiro atoms. The molecule has 1 aromatic heterocycles. The molecule has 1 N–H and O–H groups in total. The Morgan fingerprint density at radius 3 is 2.67 bits per heavy atom. The van der Waals surface area contributed by atoms with Crippen LogP contribution in [0.3, 0.4) is 0 Å². The van der Waals surface area contributed by atoms with Crippen molar-refractivity contribution in [3.63, 3.8) is 0 Å². The van der Waals surface area contributed by atoms with Crippen LogP contribution in [0.2, 0.25) is 0 Å². The molecule has 1 aromatic carbocycles. The Morgan fingerprint density at radius 1 is 1.25 bits per heavy atom. The molecule has 0 aliphatic carbocycles. The molecule has 0 saturated carbocycles. The van der Waals surface area contributed by atoms with E-state index in [0.29, 0.717) is 25.6 Å². The molecule has 3 rings (SSSR count). The summed E-state index contributed by atoms with van der Waals surface area (Å²) in [5.41, 5.74) is 2.11. The van der Waals surface area contributed by atoms with Crippen LogP contribution in [0.5, 0.6) is 0 Å². The molecule has 24 heavy (non-hydrogen) atoms. The molecule has 1 saturated heterocycles. The minimum absolute atomic E-state index is 0.318. The zero-order valence-corrected chi connectivity index (χ0v) is 14.7. The van der Waals surface area contributed by atoms with Gasteiger partial charge < -0.3 is 4.57 Å². The van der Waals surface area contributed by atoms with Gasteiger partial charge in [-0.15, -0.1) is 0 Å². The smallest absolute Gasteiger partial charge is 0.279 e. The summed E-state index contributed by atoms with van der Waals surface area (Å²) >= 11 is 0. The number of hydrogen-bond donors (Lipinski definition) is 1. The highest BCUT2D eigenvalue weighted by molar-refractivity contribution is 7.87. The van der Waals surface area contributed by atoms with Gasteiger partial charge in [0.2, 0.25) is 0 Å². The summed E-state index contributed by atoms with van der Waals surface area (Å²) < 4.78 is 31.0. The van der Waals surface area contributed by atoms with Crippen LogP contribution >= 0.6 is 0 Å². The lowest BCUT2D eigenvalue weighted by Gasteiger charge is -2.30. The lowest BCUT2D eigenvalue weighted by molar-refractivity contribution is 0.278. The van der Waals surface area contributed by atoms with Gasteiger partial charge in [0.15, 0.2) is 0 Å². The van der Waals surface area contributed by atoms with Crippen LogP contribution in [0.15, 0.2) is 43.0 Å². The molecule has 0 amide bonds. The Balaban J connectivity index is 1.56. The van der Waals surface area contributed by atoms with Gasteiger partial charge in [0.05, 0.1) is 6.33 Å². The molecular weight excluding hydrogens is 324 g/mol. The van der Waals surface area contributed by atoms with Crippen molar-refractivity contribution in [2.45, 2.75) is 32.9 Å². The molecule has 2 aromatic rings. The highest BCUT2D eigenvalue weighted by Crippen LogP contribution is 2.18. The van der Waals surface area contributed by atoms with E-state index in [1.165, 1.54) is 0 Å². The van der Waals surface area contributed by atoms with E-state index in [4.69, 9.17) is 0 Å². The summed E-state index contributed by atoms with van der Waals surface area (Å²) in [4.78, 5) is 4.02. The second-order valence-electron chi connectivity index (χ2n) is 6.48. The lowest BCUT2D eigenvalue weighted by Crippen LogP contribution is -2.45. The monoisotopic (exact) mass is 348 g/mol. The van der Waals surface area contributed by atoms with Crippen molar-refractivity contribution in [3.05, 3.63) is 54.1 Å². The molecule has 0 radical (unpaired) electrons. The maximum atomic E-state index is 12.4. The average molecular weight is 348 g/mol. The second kappa shape index (κ2) is 7.46. The normalized spacial score (nSPS) is 19.5. The molecule has 0 unspecified atom stereocenters. The largest absolute Gasteiger partial charge is 0.333 e. The first-order valence-corrected chi connectivity index (χ1v) is 9.75. The number of imidazole rings is 1. The average Bonchev–Trinajstić information content (AvgIpc) is 3.07. The van der Waals surface area contributed by atoms with E-state index in [-0.39, 0.29) is 0 Å². The third-order valence-corrected chi connectivity index (χ3v) is 5.89. The highest BCUT2D eigenvalue weighted by Gasteiger charge is 2.26. The van der Waals surface area contributed by atoms with Crippen molar-refractivity contribution in [1.82, 2.24) is 18.6 Å². The highest BCUT2D eigenvalue weighted by atomic mass is 32.2. The van der Waals surface area contributed by atoms with Crippen LogP contribution < -0.4 is 4.72 Å². The van der Waals surface area contributed by atoms with Gasteiger partial charge in [-0.05, 0) is 29.9 Å². The Hall–Kier alpha value is -1.70. The Labute approximate surface area is 143 Å². The van der Waals surface area contributed by atoms with Gasteiger partial charge in [0.1, 0.15) is 0 Å². The SMILES string of the molecule is C[C@@H]1CCCN(S(=O)(=O)NCc2ccc(Cn3ccnc3)cc2)C1. The zero-order chi connectivity index (χ0) is 17.0. The first-order chi connectivity index (χ1) is 11.5. The number of hydrogen-bond acceptors (Lipinski definition) is 3. The third-order valence-electron chi connectivity index (χ3n) is 4.37. The molecule has 1 aliphatic rings. The molecular formula is C17H24N4O2S. The summed E-state index contributed by atoms with van der Waals surface area (Å²) in [6.45, 7) is 4.40. The zero-order valence-electron chi connectivity index (χ0n) is 13.9. The predicted molar refractivity (Wildman–Crippen MR) is 93.5 cm³/mol. The van der Waals surface area contributed by atoms with E-state index in [2.05, 4.69) is 16.6 Å². The van der Waals surface area contributed by atoms with Gasteiger partial charge in [-0.2, -0.15) is 17.4 Å². The Morgan fingerprint density at radius 2 is 2.00 bits per heavy atom. The minimum atomic E-state index is -3.39. The summed E-state index contributed by atoms with van der Waals surface area (Å²) in [6.07, 6.45) is 7.49. The number of aromatic nitrogens is 2. The minimum Gasteiger partial charge on any atom is -0.333 e. The number of nitrogens with zero attached hydrogens (tertiary/aromatic N) is 3. The van der Waals surface area contributed by atoms with E-state index >= 15 is 0 Å². The van der Waals surface area contributed by atoms with Crippen LogP contribution in [-0.4, -0.2) is 35.4 Å². The van der Waals surface area contributed by atoms with Crippen molar-refractivity contribution >= 4 is 10.2 Å². The Kier molecular flexibility index (Phi) is 5.33. The standard InChI is InChI=1S/C17H24N4O2S/c1-15-3-2-9-21(12-15)24(22,23)19-11-16-4-6-17(7-5-16)13-20-10-8-18-14-20/h4-8,10,14-15,19H,2-3,9,11-13H2,1H3/t15-/m1/s1. The van der Waals surface area contributed by atoms with E-state index in [1.54, 1.807) is 16.8 Å². The molecule has 1 atom stereocenters. The van der Waals surface area contributed by atoms with Crippen LogP contribution in [-0.2, 0) is 23.3 Å². The fourth-order valence-electron chi connectivity index (χ4n) is 2.98. The van der Waals surface area contributed by atoms with Crippen molar-refractivity contribution in [2.24, 2.45) is 5.92 Å². The summed E-state index contributed by atoms with van der Waals surface area (Å²) in [7, 11) is -3.39. The maximum Gasteiger partial charge on any atom is 0.279 e. The van der Waals surface area contributed by atoms with Crippen molar-refractivity contribution in [1.29, 1.82) is 0 Å². The molecule has 1 aliphatic heterocycles. The maximum absolute atomic E-state index is 12.4. The first-order valence-electron chi connectivity index (χ1n) is 8.31. The quantitative estimate of drug-likeness (QED) is 0.868. The second-order valence-corrected chi connectivity index (χ2v) is 8.24. The van der Waals surface area contributed by atoms with Crippen LogP contribution in [0.1, 0.15) is 30.9 Å². The summed E-state index contributed by atoms with van der Waals surface area (Å²) in [6, 6.07) is 7.97. The molecule has 7 heteroatoms. The number of rotatable bonds is 6. The van der Waals surface area contributed by atoms with E-state index in [0.717, 1.165) is 30.5 Å². The first kappa shape index (κ1) is 17.1. The van der Waals surface area contributed by atoms with E-state index < -0.39 is 10.2 Å². The predicted octanol–water partition coefficient (Wildman–Crippen LogP) is 2.00. The molecule has 130 valence electrons. The lowest BCUT2D eigenvalue weighted by atomic mass is 10.0. The van der Waals surface area contributed by atoms with Gasteiger partial charge in [0, 0.05) is 38.6 Å². The van der Waals surface area contributed by atoms with Crippen LogP contribution in [0.25, 0.3) is 0 Å². The number of piperidine rings is 1. The fourth-order valence-corrected chi connectivity index (χ4v) is 4.34. The van der Waals surface area contributed by atoms with Gasteiger partial charge in [-0.1, -0.05) is 31.2 Å². The number of benzene rings is 1. The summed E-state index contributed by atoms with van der Waals surface area (Å²) in [5.74, 6) is 0.429. The van der Waals surface area contributed by atoms with Gasteiger partial charge in [0.25, 0.3) is 10.2 Å². The molecule has 1 fully saturated rings. The molecule has 0 bridgehead atoms. The van der Waals surface area contributed by atoms with Crippen LogP contribution in [0, 0.1) is 5.92 Å². The van der Waals surface area contributed by atoms with Crippen LogP contribution in [0.4, 0.5) is 0 Å². The van der Waals surface area contributed by atoms with Crippen molar-refractivity contribution in [2.75, 3.05) is 13.1 Å². The van der Waals surface area contributed by atoms with Crippen molar-refractivity contribution in [3.8, 4) is 0 Å². The van der Waals surface area contributed by atoms with Gasteiger partial charge in [-0.25, -0.2) is 4.98 Å². The molecule has 2 heterocycles.